The second-order valence-electron chi connectivity index (χ2n) is 6.71. The lowest BCUT2D eigenvalue weighted by atomic mass is 9.89. The fourth-order valence-electron chi connectivity index (χ4n) is 2.90. The minimum absolute atomic E-state index is 0.0860. The van der Waals surface area contributed by atoms with Crippen LogP contribution in [0.1, 0.15) is 66.6 Å². The van der Waals surface area contributed by atoms with Crippen molar-refractivity contribution in [1.29, 1.82) is 0 Å². The number of rotatable bonds is 4. The Morgan fingerprint density at radius 3 is 2.08 bits per heavy atom. The zero-order chi connectivity index (χ0) is 17.4. The van der Waals surface area contributed by atoms with E-state index in [0.29, 0.717) is 28.4 Å². The van der Waals surface area contributed by atoms with Crippen molar-refractivity contribution < 1.29 is 19.4 Å². The highest BCUT2D eigenvalue weighted by Crippen LogP contribution is 2.37. The Morgan fingerprint density at radius 2 is 1.50 bits per heavy atom. The normalized spacial score (nSPS) is 12.9. The highest BCUT2D eigenvalue weighted by atomic mass is 16.7. The lowest BCUT2D eigenvalue weighted by Gasteiger charge is -2.17. The average molecular weight is 326 g/mol. The van der Waals surface area contributed by atoms with Gasteiger partial charge < -0.3 is 14.6 Å². The van der Waals surface area contributed by atoms with Crippen molar-refractivity contribution in [2.45, 2.75) is 39.5 Å². The summed E-state index contributed by atoms with van der Waals surface area (Å²) in [6, 6.07) is 8.79. The van der Waals surface area contributed by atoms with Crippen LogP contribution >= 0.6 is 0 Å². The van der Waals surface area contributed by atoms with Crippen molar-refractivity contribution in [3.05, 3.63) is 52.6 Å². The van der Waals surface area contributed by atoms with Gasteiger partial charge in [0.25, 0.3) is 0 Å². The van der Waals surface area contributed by atoms with Crippen LogP contribution in [-0.4, -0.2) is 17.7 Å². The highest BCUT2D eigenvalue weighted by molar-refractivity contribution is 6.09. The lowest BCUT2D eigenvalue weighted by molar-refractivity contribution is 0.103. The first kappa shape index (κ1) is 16.4. The van der Waals surface area contributed by atoms with Crippen molar-refractivity contribution in [2.24, 2.45) is 0 Å². The van der Waals surface area contributed by atoms with Crippen molar-refractivity contribution in [3.63, 3.8) is 0 Å². The molecule has 1 N–H and O–H groups in total. The molecule has 0 saturated carbocycles. The molecule has 0 aromatic heterocycles. The van der Waals surface area contributed by atoms with Crippen LogP contribution in [0.25, 0.3) is 0 Å². The van der Waals surface area contributed by atoms with Crippen LogP contribution < -0.4 is 9.47 Å². The molecule has 0 unspecified atom stereocenters. The van der Waals surface area contributed by atoms with Gasteiger partial charge in [0, 0.05) is 11.1 Å². The third-order valence-corrected chi connectivity index (χ3v) is 4.31. The molecule has 1 aliphatic rings. The number of ether oxygens (including phenoxy) is 2. The number of hydrogen-bond donors (Lipinski definition) is 1. The third kappa shape index (κ3) is 2.84. The summed E-state index contributed by atoms with van der Waals surface area (Å²) >= 11 is 0. The average Bonchev–Trinajstić information content (AvgIpc) is 3.01. The Balaban J connectivity index is 2.06. The van der Waals surface area contributed by atoms with Gasteiger partial charge >= 0.3 is 0 Å². The van der Waals surface area contributed by atoms with E-state index in [4.69, 9.17) is 9.47 Å². The first-order valence-electron chi connectivity index (χ1n) is 8.19. The molecule has 0 fully saturated rings. The summed E-state index contributed by atoms with van der Waals surface area (Å²) in [4.78, 5) is 12.9. The van der Waals surface area contributed by atoms with Gasteiger partial charge in [0.1, 0.15) is 5.75 Å². The van der Waals surface area contributed by atoms with Gasteiger partial charge in [-0.25, -0.2) is 0 Å². The maximum Gasteiger partial charge on any atom is 0.231 e. The Bertz CT molecular complexity index is 761. The summed E-state index contributed by atoms with van der Waals surface area (Å²) in [5.74, 6) is 1.72. The minimum atomic E-state index is -0.0860. The number of phenols is 1. The van der Waals surface area contributed by atoms with Crippen LogP contribution in [0.2, 0.25) is 0 Å². The smallest absolute Gasteiger partial charge is 0.231 e. The largest absolute Gasteiger partial charge is 0.507 e. The van der Waals surface area contributed by atoms with E-state index in [1.54, 1.807) is 30.3 Å². The van der Waals surface area contributed by atoms with Gasteiger partial charge in [0.15, 0.2) is 17.3 Å². The molecule has 0 radical (unpaired) electrons. The third-order valence-electron chi connectivity index (χ3n) is 4.31. The van der Waals surface area contributed by atoms with Gasteiger partial charge in [0.05, 0.1) is 0 Å². The van der Waals surface area contributed by atoms with E-state index in [1.807, 2.05) is 27.7 Å². The zero-order valence-corrected chi connectivity index (χ0v) is 14.4. The van der Waals surface area contributed by atoms with E-state index >= 15 is 0 Å². The number of aromatic hydroxyl groups is 1. The standard InChI is InChI=1S/C20H22O4/c1-11(2)15-7-14(8-16(12(3)4)20(15)22)19(21)13-5-6-17-18(9-13)24-10-23-17/h5-9,11-12,22H,10H2,1-4H3. The predicted octanol–water partition coefficient (Wildman–Crippen LogP) is 4.60. The van der Waals surface area contributed by atoms with Gasteiger partial charge in [-0.3, -0.25) is 4.79 Å². The molecular weight excluding hydrogens is 304 g/mol. The molecule has 0 aliphatic carbocycles. The van der Waals surface area contributed by atoms with Crippen molar-refractivity contribution >= 4 is 5.78 Å². The molecule has 0 amide bonds. The fraction of sp³-hybridized carbons (Fsp3) is 0.350. The molecule has 4 heteroatoms. The number of fused-ring (bicyclic) bond motifs is 1. The van der Waals surface area contributed by atoms with Crippen molar-refractivity contribution in [2.75, 3.05) is 6.79 Å². The van der Waals surface area contributed by atoms with Gasteiger partial charge in [-0.2, -0.15) is 0 Å². The SMILES string of the molecule is CC(C)c1cc(C(=O)c2ccc3c(c2)OCO3)cc(C(C)C)c1O. The quantitative estimate of drug-likeness (QED) is 0.834. The van der Waals surface area contributed by atoms with Gasteiger partial charge in [0.2, 0.25) is 6.79 Å². The highest BCUT2D eigenvalue weighted by Gasteiger charge is 2.21. The summed E-state index contributed by atoms with van der Waals surface area (Å²) in [6.45, 7) is 8.21. The molecule has 1 aliphatic heterocycles. The summed E-state index contributed by atoms with van der Waals surface area (Å²) in [5.41, 5.74) is 2.73. The molecule has 126 valence electrons. The summed E-state index contributed by atoms with van der Waals surface area (Å²) in [7, 11) is 0. The molecule has 0 spiro atoms. The number of benzene rings is 2. The Hall–Kier alpha value is -2.49. The molecule has 3 rings (SSSR count). The van der Waals surface area contributed by atoms with E-state index in [2.05, 4.69) is 0 Å². The maximum atomic E-state index is 12.9. The fourth-order valence-corrected chi connectivity index (χ4v) is 2.90. The second kappa shape index (κ2) is 6.19. The van der Waals surface area contributed by atoms with Crippen LogP contribution in [0, 0.1) is 0 Å². The zero-order valence-electron chi connectivity index (χ0n) is 14.4. The van der Waals surface area contributed by atoms with E-state index < -0.39 is 0 Å². The molecule has 24 heavy (non-hydrogen) atoms. The summed E-state index contributed by atoms with van der Waals surface area (Å²) in [6.07, 6.45) is 0. The summed E-state index contributed by atoms with van der Waals surface area (Å²) in [5, 5.41) is 10.5. The Labute approximate surface area is 142 Å². The van der Waals surface area contributed by atoms with E-state index in [1.165, 1.54) is 0 Å². The van der Waals surface area contributed by atoms with Crippen LogP contribution in [0.15, 0.2) is 30.3 Å². The maximum absolute atomic E-state index is 12.9. The number of ketones is 1. The molecule has 2 aromatic rings. The van der Waals surface area contributed by atoms with Crippen LogP contribution in [0.5, 0.6) is 17.2 Å². The molecule has 2 aromatic carbocycles. The summed E-state index contributed by atoms with van der Waals surface area (Å²) < 4.78 is 10.6. The molecule has 0 saturated heterocycles. The first-order valence-corrected chi connectivity index (χ1v) is 8.19. The van der Waals surface area contributed by atoms with Crippen LogP contribution in [0.4, 0.5) is 0 Å². The predicted molar refractivity (Wildman–Crippen MR) is 92.3 cm³/mol. The molecule has 0 bridgehead atoms. The van der Waals surface area contributed by atoms with E-state index in [-0.39, 0.29) is 24.4 Å². The van der Waals surface area contributed by atoms with E-state index in [9.17, 15) is 9.90 Å². The lowest BCUT2D eigenvalue weighted by Crippen LogP contribution is -2.05. The number of carbonyl (C=O) groups is 1. The molecular formula is C20H22O4. The van der Waals surface area contributed by atoms with Gasteiger partial charge in [-0.1, -0.05) is 27.7 Å². The topological polar surface area (TPSA) is 55.8 Å². The Kier molecular flexibility index (Phi) is 4.22. The second-order valence-corrected chi connectivity index (χ2v) is 6.71. The van der Waals surface area contributed by atoms with Crippen LogP contribution in [0.3, 0.4) is 0 Å². The van der Waals surface area contributed by atoms with E-state index in [0.717, 1.165) is 11.1 Å². The molecule has 0 atom stereocenters. The number of carbonyl (C=O) groups excluding carboxylic acids is 1. The van der Waals surface area contributed by atoms with Gasteiger partial charge in [-0.05, 0) is 53.3 Å². The molecule has 1 heterocycles. The first-order chi connectivity index (χ1) is 11.4. The number of hydrogen-bond acceptors (Lipinski definition) is 4. The van der Waals surface area contributed by atoms with Crippen molar-refractivity contribution in [1.82, 2.24) is 0 Å². The van der Waals surface area contributed by atoms with Crippen molar-refractivity contribution in [3.8, 4) is 17.2 Å². The molecule has 4 nitrogen and oxygen atoms in total. The monoisotopic (exact) mass is 326 g/mol. The van der Waals surface area contributed by atoms with Gasteiger partial charge in [-0.15, -0.1) is 0 Å². The number of phenolic OH excluding ortho intramolecular Hbond substituents is 1. The minimum Gasteiger partial charge on any atom is -0.507 e. The Morgan fingerprint density at radius 1 is 0.917 bits per heavy atom. The van der Waals surface area contributed by atoms with Crippen LogP contribution in [-0.2, 0) is 0 Å².